The zero-order valence-corrected chi connectivity index (χ0v) is 34.3. The van der Waals surface area contributed by atoms with Gasteiger partial charge in [-0.05, 0) is 38.0 Å². The van der Waals surface area contributed by atoms with Gasteiger partial charge in [0.1, 0.15) is 0 Å². The van der Waals surface area contributed by atoms with Crippen LogP contribution in [0.15, 0.2) is 12.2 Å². The van der Waals surface area contributed by atoms with Crippen LogP contribution in [0.2, 0.25) is 0 Å². The molecule has 0 aliphatic rings. The molecule has 0 spiro atoms. The van der Waals surface area contributed by atoms with E-state index in [9.17, 15) is 4.79 Å². The second-order valence-electron chi connectivity index (χ2n) is 16.0. The van der Waals surface area contributed by atoms with E-state index in [0.29, 0.717) is 13.0 Å². The van der Waals surface area contributed by atoms with Gasteiger partial charge in [0.05, 0.1) is 6.61 Å². The van der Waals surface area contributed by atoms with E-state index in [2.05, 4.69) is 32.9 Å². The van der Waals surface area contributed by atoms with Crippen molar-refractivity contribution >= 4 is 5.97 Å². The van der Waals surface area contributed by atoms with E-state index in [0.717, 1.165) is 25.2 Å². The average molecular weight is 689 g/mol. The molecule has 0 saturated heterocycles. The molecular formula is C47H92O2. The number of unbranched alkanes of at least 4 members (excludes halogenated alkanes) is 33. The van der Waals surface area contributed by atoms with Gasteiger partial charge in [0.2, 0.25) is 0 Å². The highest BCUT2D eigenvalue weighted by atomic mass is 16.5. The van der Waals surface area contributed by atoms with Crippen LogP contribution in [0.5, 0.6) is 0 Å². The van der Waals surface area contributed by atoms with E-state index < -0.39 is 0 Å². The summed E-state index contributed by atoms with van der Waals surface area (Å²) < 4.78 is 5.45. The van der Waals surface area contributed by atoms with Crippen LogP contribution in [-0.2, 0) is 9.53 Å². The monoisotopic (exact) mass is 689 g/mol. The summed E-state index contributed by atoms with van der Waals surface area (Å²) in [4.78, 5) is 11.9. The lowest BCUT2D eigenvalue weighted by atomic mass is 9.99. The van der Waals surface area contributed by atoms with Crippen molar-refractivity contribution in [3.05, 3.63) is 12.2 Å². The summed E-state index contributed by atoms with van der Waals surface area (Å²) >= 11 is 0. The van der Waals surface area contributed by atoms with Crippen molar-refractivity contribution in [2.45, 2.75) is 271 Å². The van der Waals surface area contributed by atoms with E-state index in [1.807, 2.05) is 0 Å². The maximum Gasteiger partial charge on any atom is 0.305 e. The van der Waals surface area contributed by atoms with Gasteiger partial charge in [-0.2, -0.15) is 0 Å². The minimum absolute atomic E-state index is 0.0177. The Morgan fingerprint density at radius 3 is 1.14 bits per heavy atom. The summed E-state index contributed by atoms with van der Waals surface area (Å²) in [7, 11) is 0. The molecule has 0 N–H and O–H groups in total. The normalized spacial score (nSPS) is 12.3. The number of rotatable bonds is 42. The second kappa shape index (κ2) is 43.4. The molecule has 0 rings (SSSR count). The molecule has 0 aliphatic heterocycles. The average Bonchev–Trinajstić information content (AvgIpc) is 3.11. The fourth-order valence-electron chi connectivity index (χ4n) is 7.10. The molecule has 49 heavy (non-hydrogen) atoms. The third kappa shape index (κ3) is 43.3. The van der Waals surface area contributed by atoms with Crippen LogP contribution in [0.4, 0.5) is 0 Å². The van der Waals surface area contributed by atoms with Crippen LogP contribution in [0, 0.1) is 5.92 Å². The molecule has 0 bridgehead atoms. The zero-order chi connectivity index (χ0) is 35.6. The van der Waals surface area contributed by atoms with Crippen molar-refractivity contribution in [1.82, 2.24) is 0 Å². The zero-order valence-electron chi connectivity index (χ0n) is 34.3. The summed E-state index contributed by atoms with van der Waals surface area (Å²) in [6.45, 7) is 7.60. The number of carbonyl (C=O) groups excluding carboxylic acids is 1. The summed E-state index contributed by atoms with van der Waals surface area (Å²) in [6, 6.07) is 0. The van der Waals surface area contributed by atoms with Crippen LogP contribution in [0.25, 0.3) is 0 Å². The smallest absolute Gasteiger partial charge is 0.305 e. The first kappa shape index (κ1) is 48.2. The van der Waals surface area contributed by atoms with Crippen LogP contribution in [-0.4, -0.2) is 12.6 Å². The quantitative estimate of drug-likeness (QED) is 0.0362. The maximum absolute atomic E-state index is 11.9. The number of carbonyl (C=O) groups is 1. The fourth-order valence-corrected chi connectivity index (χ4v) is 7.10. The molecule has 2 nitrogen and oxygen atoms in total. The van der Waals surface area contributed by atoms with E-state index in [1.54, 1.807) is 0 Å². The molecule has 0 aromatic carbocycles. The number of esters is 1. The second-order valence-corrected chi connectivity index (χ2v) is 16.0. The molecule has 0 saturated carbocycles. The first-order chi connectivity index (χ1) is 24.2. The van der Waals surface area contributed by atoms with Crippen LogP contribution in [0.3, 0.4) is 0 Å². The van der Waals surface area contributed by atoms with Gasteiger partial charge in [-0.15, -0.1) is 0 Å². The SMILES string of the molecule is CCCCC=CCCCCCCCC(=O)OCCCCCCCCCCCCCCCCCCCCCCCCCCCCCC(C)CC. The lowest BCUT2D eigenvalue weighted by Gasteiger charge is -2.07. The Labute approximate surface area is 310 Å². The number of ether oxygens (including phenoxy) is 1. The van der Waals surface area contributed by atoms with Gasteiger partial charge in [-0.1, -0.05) is 245 Å². The van der Waals surface area contributed by atoms with Crippen LogP contribution in [0.1, 0.15) is 271 Å². The van der Waals surface area contributed by atoms with Crippen molar-refractivity contribution in [2.75, 3.05) is 6.61 Å². The molecule has 0 aromatic heterocycles. The standard InChI is InChI=1S/C47H92O2/c1-4-6-7-8-9-10-28-32-35-38-41-44-47(48)49-45-42-39-36-33-30-27-25-23-21-19-17-15-13-11-12-14-16-18-20-22-24-26-29-31-34-37-40-43-46(3)5-2/h8-9,46H,4-7,10-45H2,1-3H3. The van der Waals surface area contributed by atoms with Gasteiger partial charge in [0, 0.05) is 6.42 Å². The van der Waals surface area contributed by atoms with E-state index in [4.69, 9.17) is 4.74 Å². The van der Waals surface area contributed by atoms with Crippen LogP contribution >= 0.6 is 0 Å². The molecular weight excluding hydrogens is 597 g/mol. The number of allylic oxidation sites excluding steroid dienone is 2. The summed E-state index contributed by atoms with van der Waals surface area (Å²) in [5.41, 5.74) is 0. The number of hydrogen-bond acceptors (Lipinski definition) is 2. The Hall–Kier alpha value is -0.790. The van der Waals surface area contributed by atoms with E-state index >= 15 is 0 Å². The molecule has 0 amide bonds. The molecule has 1 unspecified atom stereocenters. The van der Waals surface area contributed by atoms with Crippen molar-refractivity contribution < 1.29 is 9.53 Å². The maximum atomic E-state index is 11.9. The van der Waals surface area contributed by atoms with Gasteiger partial charge in [0.25, 0.3) is 0 Å². The molecule has 0 aliphatic carbocycles. The highest BCUT2D eigenvalue weighted by Gasteiger charge is 2.03. The Morgan fingerprint density at radius 2 is 0.755 bits per heavy atom. The van der Waals surface area contributed by atoms with Crippen molar-refractivity contribution in [1.29, 1.82) is 0 Å². The minimum atomic E-state index is 0.0177. The van der Waals surface area contributed by atoms with Gasteiger partial charge >= 0.3 is 5.97 Å². The first-order valence-electron chi connectivity index (χ1n) is 23.0. The van der Waals surface area contributed by atoms with Gasteiger partial charge in [-0.3, -0.25) is 4.79 Å². The third-order valence-electron chi connectivity index (χ3n) is 10.9. The summed E-state index contributed by atoms with van der Waals surface area (Å²) in [5.74, 6) is 0.956. The topological polar surface area (TPSA) is 26.3 Å². The van der Waals surface area contributed by atoms with E-state index in [-0.39, 0.29) is 5.97 Å². The van der Waals surface area contributed by atoms with E-state index in [1.165, 1.54) is 225 Å². The Bertz CT molecular complexity index is 640. The molecule has 292 valence electrons. The molecule has 0 fully saturated rings. The van der Waals surface area contributed by atoms with Gasteiger partial charge in [0.15, 0.2) is 0 Å². The lowest BCUT2D eigenvalue weighted by Crippen LogP contribution is -2.05. The predicted molar refractivity (Wildman–Crippen MR) is 221 cm³/mol. The van der Waals surface area contributed by atoms with Crippen LogP contribution < -0.4 is 0 Å². The Balaban J connectivity index is 3.14. The third-order valence-corrected chi connectivity index (χ3v) is 10.9. The first-order valence-corrected chi connectivity index (χ1v) is 23.0. The van der Waals surface area contributed by atoms with Crippen molar-refractivity contribution in [3.63, 3.8) is 0 Å². The lowest BCUT2D eigenvalue weighted by molar-refractivity contribution is -0.143. The van der Waals surface area contributed by atoms with Crippen molar-refractivity contribution in [3.8, 4) is 0 Å². The highest BCUT2D eigenvalue weighted by molar-refractivity contribution is 5.69. The van der Waals surface area contributed by atoms with Gasteiger partial charge < -0.3 is 4.74 Å². The largest absolute Gasteiger partial charge is 0.466 e. The minimum Gasteiger partial charge on any atom is -0.466 e. The molecule has 0 heterocycles. The van der Waals surface area contributed by atoms with Crippen molar-refractivity contribution in [2.24, 2.45) is 5.92 Å². The molecule has 0 aromatic rings. The molecule has 0 radical (unpaired) electrons. The highest BCUT2D eigenvalue weighted by Crippen LogP contribution is 2.18. The molecule has 1 atom stereocenters. The Morgan fingerprint density at radius 1 is 0.429 bits per heavy atom. The molecule has 2 heteroatoms. The Kier molecular flexibility index (Phi) is 42.7. The summed E-state index contributed by atoms with van der Waals surface area (Å²) in [5, 5.41) is 0. The van der Waals surface area contributed by atoms with Gasteiger partial charge in [-0.25, -0.2) is 0 Å². The predicted octanol–water partition coefficient (Wildman–Crippen LogP) is 17.0. The fraction of sp³-hybridized carbons (Fsp3) is 0.936. The number of hydrogen-bond donors (Lipinski definition) is 0. The summed E-state index contributed by atoms with van der Waals surface area (Å²) in [6.07, 6.45) is 57.6.